The van der Waals surface area contributed by atoms with Crippen LogP contribution in [0.3, 0.4) is 0 Å². The van der Waals surface area contributed by atoms with Gasteiger partial charge in [-0.25, -0.2) is 4.79 Å². The van der Waals surface area contributed by atoms with Crippen molar-refractivity contribution in [3.8, 4) is 5.75 Å². The summed E-state index contributed by atoms with van der Waals surface area (Å²) in [4.78, 5) is 34.4. The van der Waals surface area contributed by atoms with Gasteiger partial charge in [0.25, 0.3) is 0 Å². The highest BCUT2D eigenvalue weighted by atomic mass is 16.5. The van der Waals surface area contributed by atoms with Crippen LogP contribution in [0.25, 0.3) is 0 Å². The largest absolute Gasteiger partial charge is 0.460 e. The highest BCUT2D eigenvalue weighted by Crippen LogP contribution is 2.14. The lowest BCUT2D eigenvalue weighted by molar-refractivity contribution is -0.134. The molecule has 1 amide bonds. The molecule has 6 heteroatoms. The van der Waals surface area contributed by atoms with Crippen molar-refractivity contribution in [1.29, 1.82) is 0 Å². The molecule has 1 aromatic carbocycles. The summed E-state index contributed by atoms with van der Waals surface area (Å²) in [6.07, 6.45) is 1.06. The summed E-state index contributed by atoms with van der Waals surface area (Å²) in [6.45, 7) is 7.26. The van der Waals surface area contributed by atoms with E-state index in [2.05, 4.69) is 11.9 Å². The van der Waals surface area contributed by atoms with Crippen LogP contribution in [0, 0.1) is 0 Å². The van der Waals surface area contributed by atoms with Gasteiger partial charge in [0.2, 0.25) is 5.91 Å². The number of rotatable bonds is 8. The van der Waals surface area contributed by atoms with Crippen LogP contribution in [0.1, 0.15) is 37.0 Å². The van der Waals surface area contributed by atoms with Gasteiger partial charge in [0.15, 0.2) is 0 Å². The van der Waals surface area contributed by atoms with Crippen molar-refractivity contribution in [2.45, 2.75) is 26.7 Å². The molecule has 6 nitrogen and oxygen atoms in total. The minimum Gasteiger partial charge on any atom is -0.460 e. The van der Waals surface area contributed by atoms with E-state index in [9.17, 15) is 14.4 Å². The van der Waals surface area contributed by atoms with E-state index < -0.39 is 5.97 Å². The Balaban J connectivity index is 2.40. The maximum absolute atomic E-state index is 11.8. The number of amides is 1. The molecule has 0 heterocycles. The van der Waals surface area contributed by atoms with Crippen LogP contribution in [0.4, 0.5) is 0 Å². The predicted octanol–water partition coefficient (Wildman–Crippen LogP) is 2.24. The SMILES string of the molecule is C=C(C)C(=O)NCCOC(=O)c1ccc(OC(=O)CCC)cc1. The first kappa shape index (κ1) is 18.4. The van der Waals surface area contributed by atoms with Crippen molar-refractivity contribution in [2.75, 3.05) is 13.2 Å². The summed E-state index contributed by atoms with van der Waals surface area (Å²) in [5.41, 5.74) is 0.732. The topological polar surface area (TPSA) is 81.7 Å². The first-order valence-corrected chi connectivity index (χ1v) is 7.35. The van der Waals surface area contributed by atoms with Crippen LogP contribution in [0.5, 0.6) is 5.75 Å². The molecule has 0 aliphatic rings. The van der Waals surface area contributed by atoms with Crippen molar-refractivity contribution in [3.05, 3.63) is 42.0 Å². The molecule has 0 aromatic heterocycles. The molecular formula is C17H21NO5. The highest BCUT2D eigenvalue weighted by molar-refractivity contribution is 5.92. The molecule has 1 aromatic rings. The predicted molar refractivity (Wildman–Crippen MR) is 85.1 cm³/mol. The quantitative estimate of drug-likeness (QED) is 0.344. The number of esters is 2. The fraction of sp³-hybridized carbons (Fsp3) is 0.353. The minimum absolute atomic E-state index is 0.0606. The van der Waals surface area contributed by atoms with E-state index in [4.69, 9.17) is 9.47 Å². The third-order valence-corrected chi connectivity index (χ3v) is 2.78. The summed E-state index contributed by atoms with van der Waals surface area (Å²) < 4.78 is 10.1. The molecule has 0 saturated heterocycles. The lowest BCUT2D eigenvalue weighted by atomic mass is 10.2. The smallest absolute Gasteiger partial charge is 0.338 e. The third kappa shape index (κ3) is 6.78. The first-order chi connectivity index (χ1) is 10.9. The molecule has 1 rings (SSSR count). The van der Waals surface area contributed by atoms with Gasteiger partial charge < -0.3 is 14.8 Å². The van der Waals surface area contributed by atoms with Crippen LogP contribution in [-0.2, 0) is 14.3 Å². The van der Waals surface area contributed by atoms with Gasteiger partial charge in [-0.1, -0.05) is 13.5 Å². The Bertz CT molecular complexity index is 577. The first-order valence-electron chi connectivity index (χ1n) is 7.35. The number of carbonyl (C=O) groups is 3. The summed E-state index contributed by atoms with van der Waals surface area (Å²) in [5.74, 6) is -0.717. The average molecular weight is 319 g/mol. The van der Waals surface area contributed by atoms with E-state index in [1.165, 1.54) is 24.3 Å². The molecule has 0 bridgehead atoms. The standard InChI is InChI=1S/C17H21NO5/c1-4-5-15(19)23-14-8-6-13(7-9-14)17(21)22-11-10-18-16(20)12(2)3/h6-9H,2,4-5,10-11H2,1,3H3,(H,18,20). The minimum atomic E-state index is -0.513. The average Bonchev–Trinajstić information content (AvgIpc) is 2.51. The van der Waals surface area contributed by atoms with Gasteiger partial charge >= 0.3 is 11.9 Å². The molecule has 0 saturated carbocycles. The molecule has 124 valence electrons. The van der Waals surface area contributed by atoms with E-state index >= 15 is 0 Å². The van der Waals surface area contributed by atoms with Crippen LogP contribution < -0.4 is 10.1 Å². The number of carbonyl (C=O) groups excluding carboxylic acids is 3. The van der Waals surface area contributed by atoms with Crippen LogP contribution >= 0.6 is 0 Å². The summed E-state index contributed by atoms with van der Waals surface area (Å²) in [7, 11) is 0. The second-order valence-electron chi connectivity index (χ2n) is 4.92. The molecule has 0 fully saturated rings. The fourth-order valence-electron chi connectivity index (χ4n) is 1.59. The Hall–Kier alpha value is -2.63. The zero-order chi connectivity index (χ0) is 17.2. The molecule has 0 aliphatic heterocycles. The lowest BCUT2D eigenvalue weighted by Crippen LogP contribution is -2.28. The second-order valence-corrected chi connectivity index (χ2v) is 4.92. The summed E-state index contributed by atoms with van der Waals surface area (Å²) in [6, 6.07) is 6.10. The third-order valence-electron chi connectivity index (χ3n) is 2.78. The van der Waals surface area contributed by atoms with E-state index in [-0.39, 0.29) is 25.0 Å². The summed E-state index contributed by atoms with van der Waals surface area (Å²) >= 11 is 0. The fourth-order valence-corrected chi connectivity index (χ4v) is 1.59. The van der Waals surface area contributed by atoms with Crippen LogP contribution in [0.2, 0.25) is 0 Å². The van der Waals surface area contributed by atoms with Crippen molar-refractivity contribution >= 4 is 17.8 Å². The summed E-state index contributed by atoms with van der Waals surface area (Å²) in [5, 5.41) is 2.56. The molecule has 0 aliphatic carbocycles. The van der Waals surface area contributed by atoms with Gasteiger partial charge in [-0.05, 0) is 37.6 Å². The Morgan fingerprint density at radius 3 is 2.39 bits per heavy atom. The molecular weight excluding hydrogens is 298 g/mol. The molecule has 23 heavy (non-hydrogen) atoms. The molecule has 1 N–H and O–H groups in total. The van der Waals surface area contributed by atoms with E-state index in [0.29, 0.717) is 29.7 Å². The second kappa shape index (κ2) is 9.40. The Morgan fingerprint density at radius 1 is 1.17 bits per heavy atom. The van der Waals surface area contributed by atoms with E-state index in [1.54, 1.807) is 6.92 Å². The number of hydrogen-bond donors (Lipinski definition) is 1. The molecule has 0 spiro atoms. The van der Waals surface area contributed by atoms with Gasteiger partial charge in [-0.2, -0.15) is 0 Å². The van der Waals surface area contributed by atoms with Gasteiger partial charge in [-0.15, -0.1) is 0 Å². The van der Waals surface area contributed by atoms with Gasteiger partial charge in [-0.3, -0.25) is 9.59 Å². The highest BCUT2D eigenvalue weighted by Gasteiger charge is 2.09. The van der Waals surface area contributed by atoms with Crippen LogP contribution in [0.15, 0.2) is 36.4 Å². The normalized spacial score (nSPS) is 9.83. The van der Waals surface area contributed by atoms with E-state index in [1.807, 2.05) is 6.92 Å². The Morgan fingerprint density at radius 2 is 1.83 bits per heavy atom. The lowest BCUT2D eigenvalue weighted by Gasteiger charge is -2.07. The number of ether oxygens (including phenoxy) is 2. The number of benzene rings is 1. The van der Waals surface area contributed by atoms with Crippen LogP contribution in [-0.4, -0.2) is 31.0 Å². The monoisotopic (exact) mass is 319 g/mol. The maximum Gasteiger partial charge on any atom is 0.338 e. The van der Waals surface area contributed by atoms with Gasteiger partial charge in [0.1, 0.15) is 12.4 Å². The maximum atomic E-state index is 11.8. The van der Waals surface area contributed by atoms with Crippen molar-refractivity contribution in [1.82, 2.24) is 5.32 Å². The van der Waals surface area contributed by atoms with Gasteiger partial charge in [0.05, 0.1) is 12.1 Å². The molecule has 0 unspecified atom stereocenters. The Labute approximate surface area is 135 Å². The van der Waals surface area contributed by atoms with Crippen molar-refractivity contribution in [2.24, 2.45) is 0 Å². The molecule has 0 atom stereocenters. The number of nitrogens with one attached hydrogen (secondary N) is 1. The Kier molecular flexibility index (Phi) is 7.53. The zero-order valence-electron chi connectivity index (χ0n) is 13.4. The number of hydrogen-bond acceptors (Lipinski definition) is 5. The van der Waals surface area contributed by atoms with Crippen molar-refractivity contribution < 1.29 is 23.9 Å². The van der Waals surface area contributed by atoms with E-state index in [0.717, 1.165) is 0 Å². The molecule has 0 radical (unpaired) electrons. The van der Waals surface area contributed by atoms with Crippen molar-refractivity contribution in [3.63, 3.8) is 0 Å². The zero-order valence-corrected chi connectivity index (χ0v) is 13.4. The van der Waals surface area contributed by atoms with Gasteiger partial charge in [0, 0.05) is 12.0 Å².